The Hall–Kier alpha value is -1.29. The lowest BCUT2D eigenvalue weighted by atomic mass is 9.84. The first kappa shape index (κ1) is 13.1. The van der Waals surface area contributed by atoms with Crippen LogP contribution in [0, 0.1) is 12.3 Å². The molecule has 1 aromatic rings. The average molecular weight is 251 g/mol. The van der Waals surface area contributed by atoms with E-state index in [9.17, 15) is 9.90 Å². The van der Waals surface area contributed by atoms with Crippen LogP contribution in [-0.2, 0) is 4.79 Å². The normalized spacial score (nSPS) is 26.4. The second-order valence-corrected chi connectivity index (χ2v) is 5.28. The van der Waals surface area contributed by atoms with Crippen molar-refractivity contribution in [2.45, 2.75) is 39.7 Å². The number of likely N-dealkylation sites (tertiary alicyclic amines) is 1. The molecular weight excluding hydrogens is 230 g/mol. The largest absolute Gasteiger partial charge is 0.481 e. The topological polar surface area (TPSA) is 53.7 Å². The predicted octanol–water partition coefficient (Wildman–Crippen LogP) is 2.84. The van der Waals surface area contributed by atoms with E-state index in [2.05, 4.69) is 11.8 Å². The predicted molar refractivity (Wildman–Crippen MR) is 68.4 cm³/mol. The van der Waals surface area contributed by atoms with E-state index in [4.69, 9.17) is 4.42 Å². The second-order valence-electron chi connectivity index (χ2n) is 5.28. The van der Waals surface area contributed by atoms with Crippen molar-refractivity contribution in [2.24, 2.45) is 5.41 Å². The lowest BCUT2D eigenvalue weighted by Gasteiger charge is -2.26. The lowest BCUT2D eigenvalue weighted by molar-refractivity contribution is -0.148. The number of aliphatic carboxylic acids is 1. The molecule has 1 aromatic heterocycles. The van der Waals surface area contributed by atoms with Crippen LogP contribution >= 0.6 is 0 Å². The molecule has 100 valence electrons. The molecule has 1 N–H and O–H groups in total. The zero-order chi connectivity index (χ0) is 13.3. The van der Waals surface area contributed by atoms with E-state index in [1.807, 2.05) is 26.0 Å². The number of furan rings is 1. The Balaban J connectivity index is 2.11. The summed E-state index contributed by atoms with van der Waals surface area (Å²) >= 11 is 0. The highest BCUT2D eigenvalue weighted by Gasteiger charge is 2.44. The minimum Gasteiger partial charge on any atom is -0.481 e. The van der Waals surface area contributed by atoms with Crippen LogP contribution in [0.2, 0.25) is 0 Å². The van der Waals surface area contributed by atoms with Gasteiger partial charge in [-0.3, -0.25) is 9.69 Å². The van der Waals surface area contributed by atoms with Crippen LogP contribution < -0.4 is 0 Å². The maximum atomic E-state index is 11.4. The van der Waals surface area contributed by atoms with Gasteiger partial charge in [0.2, 0.25) is 0 Å². The molecule has 2 rings (SSSR count). The highest BCUT2D eigenvalue weighted by atomic mass is 16.4. The van der Waals surface area contributed by atoms with E-state index >= 15 is 0 Å². The van der Waals surface area contributed by atoms with Crippen molar-refractivity contribution in [1.82, 2.24) is 4.90 Å². The maximum absolute atomic E-state index is 11.4. The number of rotatable bonds is 4. The molecule has 1 aliphatic rings. The van der Waals surface area contributed by atoms with Crippen molar-refractivity contribution in [3.05, 3.63) is 23.7 Å². The van der Waals surface area contributed by atoms with Crippen molar-refractivity contribution in [1.29, 1.82) is 0 Å². The molecule has 0 spiro atoms. The van der Waals surface area contributed by atoms with Crippen LogP contribution in [0.4, 0.5) is 0 Å². The van der Waals surface area contributed by atoms with E-state index in [1.165, 1.54) is 0 Å². The van der Waals surface area contributed by atoms with Gasteiger partial charge in [0, 0.05) is 13.1 Å². The van der Waals surface area contributed by atoms with Crippen molar-refractivity contribution < 1.29 is 14.3 Å². The number of carboxylic acids is 1. The third kappa shape index (κ3) is 2.17. The number of carboxylic acid groups (broad SMARTS) is 1. The summed E-state index contributed by atoms with van der Waals surface area (Å²) in [4.78, 5) is 13.6. The smallest absolute Gasteiger partial charge is 0.310 e. The molecule has 2 heterocycles. The van der Waals surface area contributed by atoms with Gasteiger partial charge in [0.05, 0.1) is 11.5 Å². The van der Waals surface area contributed by atoms with Gasteiger partial charge in [0.15, 0.2) is 0 Å². The third-order valence-corrected chi connectivity index (χ3v) is 4.23. The van der Waals surface area contributed by atoms with Crippen LogP contribution in [0.5, 0.6) is 0 Å². The van der Waals surface area contributed by atoms with Gasteiger partial charge in [-0.1, -0.05) is 6.92 Å². The zero-order valence-corrected chi connectivity index (χ0v) is 11.3. The molecule has 0 bridgehead atoms. The molecule has 4 heteroatoms. The third-order valence-electron chi connectivity index (χ3n) is 4.23. The first-order chi connectivity index (χ1) is 8.48. The van der Waals surface area contributed by atoms with Crippen LogP contribution in [0.3, 0.4) is 0 Å². The van der Waals surface area contributed by atoms with Crippen LogP contribution in [0.1, 0.15) is 44.3 Å². The van der Waals surface area contributed by atoms with Gasteiger partial charge in [-0.2, -0.15) is 0 Å². The Bertz CT molecular complexity index is 440. The van der Waals surface area contributed by atoms with Gasteiger partial charge in [0.1, 0.15) is 11.5 Å². The second kappa shape index (κ2) is 4.76. The monoisotopic (exact) mass is 251 g/mol. The molecule has 0 saturated carbocycles. The first-order valence-electron chi connectivity index (χ1n) is 6.52. The average Bonchev–Trinajstić information content (AvgIpc) is 2.95. The van der Waals surface area contributed by atoms with Crippen molar-refractivity contribution in [3.8, 4) is 0 Å². The highest BCUT2D eigenvalue weighted by Crippen LogP contribution is 2.38. The summed E-state index contributed by atoms with van der Waals surface area (Å²) in [6, 6.07) is 4.07. The Labute approximate surface area is 108 Å². The number of carbonyl (C=O) groups is 1. The van der Waals surface area contributed by atoms with Crippen molar-refractivity contribution in [2.75, 3.05) is 13.1 Å². The first-order valence-corrected chi connectivity index (χ1v) is 6.52. The Kier molecular flexibility index (Phi) is 3.48. The number of hydrogen-bond donors (Lipinski definition) is 1. The van der Waals surface area contributed by atoms with E-state index in [0.717, 1.165) is 24.5 Å². The number of nitrogens with zero attached hydrogens (tertiary/aromatic N) is 1. The summed E-state index contributed by atoms with van der Waals surface area (Å²) in [6.07, 6.45) is 1.41. The minimum atomic E-state index is -0.671. The lowest BCUT2D eigenvalue weighted by Crippen LogP contribution is -2.34. The molecule has 1 aliphatic heterocycles. The fourth-order valence-corrected chi connectivity index (χ4v) is 2.71. The van der Waals surface area contributed by atoms with Gasteiger partial charge in [-0.05, 0) is 38.8 Å². The number of hydrogen-bond acceptors (Lipinski definition) is 3. The van der Waals surface area contributed by atoms with Crippen LogP contribution in [-0.4, -0.2) is 29.1 Å². The summed E-state index contributed by atoms with van der Waals surface area (Å²) in [5.41, 5.74) is -0.574. The summed E-state index contributed by atoms with van der Waals surface area (Å²) < 4.78 is 5.63. The molecule has 18 heavy (non-hydrogen) atoms. The van der Waals surface area contributed by atoms with Gasteiger partial charge in [0.25, 0.3) is 0 Å². The molecule has 0 aliphatic carbocycles. The molecule has 0 radical (unpaired) electrons. The maximum Gasteiger partial charge on any atom is 0.310 e. The summed E-state index contributed by atoms with van der Waals surface area (Å²) in [5.74, 6) is 1.15. The molecule has 2 atom stereocenters. The van der Waals surface area contributed by atoms with E-state index in [1.54, 1.807) is 0 Å². The van der Waals surface area contributed by atoms with E-state index in [-0.39, 0.29) is 6.04 Å². The van der Waals surface area contributed by atoms with E-state index in [0.29, 0.717) is 13.0 Å². The Morgan fingerprint density at radius 1 is 1.61 bits per heavy atom. The Morgan fingerprint density at radius 3 is 2.78 bits per heavy atom. The summed E-state index contributed by atoms with van der Waals surface area (Å²) in [7, 11) is 0. The van der Waals surface area contributed by atoms with Crippen molar-refractivity contribution >= 4 is 5.97 Å². The van der Waals surface area contributed by atoms with Crippen LogP contribution in [0.25, 0.3) is 0 Å². The van der Waals surface area contributed by atoms with Crippen LogP contribution in [0.15, 0.2) is 16.5 Å². The minimum absolute atomic E-state index is 0.145. The number of aryl methyl sites for hydroxylation is 1. The fourth-order valence-electron chi connectivity index (χ4n) is 2.71. The van der Waals surface area contributed by atoms with Gasteiger partial charge >= 0.3 is 5.97 Å². The quantitative estimate of drug-likeness (QED) is 0.894. The molecular formula is C14H21NO3. The van der Waals surface area contributed by atoms with Gasteiger partial charge < -0.3 is 9.52 Å². The standard InChI is InChI=1S/C14H21NO3/c1-4-14(13(16)17)7-8-15(9-14)11(3)12-6-5-10(2)18-12/h5-6,11H,4,7-9H2,1-3H3,(H,16,17). The van der Waals surface area contributed by atoms with E-state index < -0.39 is 11.4 Å². The molecule has 1 saturated heterocycles. The molecule has 4 nitrogen and oxygen atoms in total. The highest BCUT2D eigenvalue weighted by molar-refractivity contribution is 5.75. The summed E-state index contributed by atoms with van der Waals surface area (Å²) in [6.45, 7) is 7.39. The summed E-state index contributed by atoms with van der Waals surface area (Å²) in [5, 5.41) is 9.39. The molecule has 0 amide bonds. The molecule has 2 unspecified atom stereocenters. The zero-order valence-electron chi connectivity index (χ0n) is 11.3. The Morgan fingerprint density at radius 2 is 2.33 bits per heavy atom. The fraction of sp³-hybridized carbons (Fsp3) is 0.643. The molecule has 1 fully saturated rings. The van der Waals surface area contributed by atoms with Gasteiger partial charge in [-0.15, -0.1) is 0 Å². The molecule has 0 aromatic carbocycles. The van der Waals surface area contributed by atoms with Crippen molar-refractivity contribution in [3.63, 3.8) is 0 Å². The van der Waals surface area contributed by atoms with Gasteiger partial charge in [-0.25, -0.2) is 0 Å². The SMILES string of the molecule is CCC1(C(=O)O)CCN(C(C)c2ccc(C)o2)C1.